The van der Waals surface area contributed by atoms with Gasteiger partial charge in [-0.1, -0.05) is 13.8 Å². The number of rotatable bonds is 1. The van der Waals surface area contributed by atoms with Crippen LogP contribution < -0.4 is 5.73 Å². The third-order valence-electron chi connectivity index (χ3n) is 3.89. The highest BCUT2D eigenvalue weighted by Gasteiger charge is 2.41. The SMILES string of the molecule is CC1(C)CC(=O)C2=C(C1)OC(c1ccc(Br)o1)C(C#N)=C2N. The Labute approximate surface area is 136 Å². The molecule has 0 saturated heterocycles. The Morgan fingerprint density at radius 1 is 1.41 bits per heavy atom. The summed E-state index contributed by atoms with van der Waals surface area (Å²) in [6.45, 7) is 4.02. The fraction of sp³-hybridized carbons (Fsp3) is 0.375. The predicted octanol–water partition coefficient (Wildman–Crippen LogP) is 3.49. The fourth-order valence-corrected chi connectivity index (χ4v) is 3.25. The molecule has 0 fully saturated rings. The highest BCUT2D eigenvalue weighted by atomic mass is 79.9. The molecule has 3 rings (SSSR count). The second kappa shape index (κ2) is 5.03. The zero-order valence-corrected chi connectivity index (χ0v) is 13.9. The fourth-order valence-electron chi connectivity index (χ4n) is 2.93. The van der Waals surface area contributed by atoms with Crippen molar-refractivity contribution >= 4 is 21.7 Å². The van der Waals surface area contributed by atoms with Gasteiger partial charge in [0.25, 0.3) is 0 Å². The summed E-state index contributed by atoms with van der Waals surface area (Å²) in [7, 11) is 0. The van der Waals surface area contributed by atoms with E-state index in [2.05, 4.69) is 22.0 Å². The summed E-state index contributed by atoms with van der Waals surface area (Å²) in [4.78, 5) is 12.4. The summed E-state index contributed by atoms with van der Waals surface area (Å²) < 4.78 is 12.0. The van der Waals surface area contributed by atoms with Crippen LogP contribution >= 0.6 is 15.9 Å². The van der Waals surface area contributed by atoms with Crippen LogP contribution in [-0.4, -0.2) is 5.78 Å². The predicted molar refractivity (Wildman–Crippen MR) is 82.1 cm³/mol. The van der Waals surface area contributed by atoms with Crippen molar-refractivity contribution in [2.45, 2.75) is 32.8 Å². The number of ketones is 1. The lowest BCUT2D eigenvalue weighted by molar-refractivity contribution is -0.118. The zero-order valence-electron chi connectivity index (χ0n) is 12.3. The number of carbonyl (C=O) groups is 1. The molecule has 2 heterocycles. The number of nitriles is 1. The summed E-state index contributed by atoms with van der Waals surface area (Å²) in [5, 5.41) is 9.42. The third kappa shape index (κ3) is 2.35. The largest absolute Gasteiger partial charge is 0.480 e. The maximum absolute atomic E-state index is 12.4. The molecule has 1 aliphatic carbocycles. The zero-order chi connectivity index (χ0) is 16.1. The van der Waals surface area contributed by atoms with E-state index < -0.39 is 6.10 Å². The maximum Gasteiger partial charge on any atom is 0.192 e. The average molecular weight is 363 g/mol. The van der Waals surface area contributed by atoms with Gasteiger partial charge in [0.1, 0.15) is 17.4 Å². The Hall–Kier alpha value is -2.00. The molecule has 0 radical (unpaired) electrons. The first-order valence-corrected chi connectivity index (χ1v) is 7.70. The van der Waals surface area contributed by atoms with Crippen molar-refractivity contribution in [3.63, 3.8) is 0 Å². The van der Waals surface area contributed by atoms with Crippen molar-refractivity contribution in [1.29, 1.82) is 5.26 Å². The molecule has 1 aromatic rings. The third-order valence-corrected chi connectivity index (χ3v) is 4.32. The van der Waals surface area contributed by atoms with Crippen molar-refractivity contribution in [1.82, 2.24) is 0 Å². The van der Waals surface area contributed by atoms with Gasteiger partial charge in [-0.15, -0.1) is 0 Å². The number of nitrogens with zero attached hydrogens (tertiary/aromatic N) is 1. The molecule has 1 aliphatic heterocycles. The minimum absolute atomic E-state index is 0.0735. The van der Waals surface area contributed by atoms with Crippen molar-refractivity contribution in [3.8, 4) is 6.07 Å². The number of hydrogen-bond acceptors (Lipinski definition) is 5. The molecule has 1 aromatic heterocycles. The Morgan fingerprint density at radius 2 is 2.14 bits per heavy atom. The van der Waals surface area contributed by atoms with E-state index in [1.165, 1.54) is 0 Å². The van der Waals surface area contributed by atoms with Crippen LogP contribution in [0.15, 0.2) is 43.8 Å². The smallest absolute Gasteiger partial charge is 0.192 e. The van der Waals surface area contributed by atoms with E-state index in [1.54, 1.807) is 12.1 Å². The van der Waals surface area contributed by atoms with Gasteiger partial charge in [0.2, 0.25) is 0 Å². The van der Waals surface area contributed by atoms with E-state index in [0.29, 0.717) is 34.6 Å². The standard InChI is InChI=1S/C16H15BrN2O3/c1-16(2)5-9(20)13-11(6-16)22-15(8(7-18)14(13)19)10-3-4-12(17)21-10/h3-4,15H,5-6,19H2,1-2H3. The van der Waals surface area contributed by atoms with Crippen LogP contribution in [0.2, 0.25) is 0 Å². The number of halogens is 1. The monoisotopic (exact) mass is 362 g/mol. The Bertz CT molecular complexity index is 765. The summed E-state index contributed by atoms with van der Waals surface area (Å²) in [6, 6.07) is 5.50. The lowest BCUT2D eigenvalue weighted by Crippen LogP contribution is -2.33. The van der Waals surface area contributed by atoms with Crippen molar-refractivity contribution in [3.05, 3.63) is 45.2 Å². The van der Waals surface area contributed by atoms with E-state index in [9.17, 15) is 10.1 Å². The summed E-state index contributed by atoms with van der Waals surface area (Å²) in [5.41, 5.74) is 6.70. The maximum atomic E-state index is 12.4. The minimum atomic E-state index is -0.711. The van der Waals surface area contributed by atoms with Crippen LogP contribution in [0, 0.1) is 16.7 Å². The van der Waals surface area contributed by atoms with Crippen molar-refractivity contribution in [2.24, 2.45) is 11.1 Å². The summed E-state index contributed by atoms with van der Waals surface area (Å²) in [6.07, 6.45) is 0.286. The molecule has 6 heteroatoms. The molecule has 0 spiro atoms. The van der Waals surface area contributed by atoms with Crippen LogP contribution in [0.3, 0.4) is 0 Å². The van der Waals surface area contributed by atoms with E-state index in [4.69, 9.17) is 14.9 Å². The molecular formula is C16H15BrN2O3. The molecule has 1 unspecified atom stereocenters. The van der Waals surface area contributed by atoms with Gasteiger partial charge >= 0.3 is 0 Å². The van der Waals surface area contributed by atoms with Crippen LogP contribution in [0.25, 0.3) is 0 Å². The number of nitrogens with two attached hydrogens (primary N) is 1. The molecular weight excluding hydrogens is 348 g/mol. The second-order valence-corrected chi connectivity index (χ2v) is 7.10. The average Bonchev–Trinajstić information content (AvgIpc) is 2.82. The van der Waals surface area contributed by atoms with E-state index in [1.807, 2.05) is 13.8 Å². The first kappa shape index (κ1) is 14.9. The topological polar surface area (TPSA) is 89.2 Å². The van der Waals surface area contributed by atoms with Crippen molar-refractivity contribution in [2.75, 3.05) is 0 Å². The van der Waals surface area contributed by atoms with Crippen LogP contribution in [0.5, 0.6) is 0 Å². The summed E-state index contributed by atoms with van der Waals surface area (Å²) in [5.74, 6) is 0.958. The number of Topliss-reactive ketones (excluding diaryl/α,β-unsaturated/α-hetero) is 1. The van der Waals surface area contributed by atoms with Gasteiger partial charge in [0.05, 0.1) is 11.3 Å². The van der Waals surface area contributed by atoms with Gasteiger partial charge < -0.3 is 14.9 Å². The lowest BCUT2D eigenvalue weighted by atomic mass is 9.74. The van der Waals surface area contributed by atoms with Gasteiger partial charge in [0, 0.05) is 12.8 Å². The van der Waals surface area contributed by atoms with Gasteiger partial charge in [-0.25, -0.2) is 0 Å². The van der Waals surface area contributed by atoms with Crippen LogP contribution in [-0.2, 0) is 9.53 Å². The van der Waals surface area contributed by atoms with Crippen LogP contribution in [0.1, 0.15) is 38.6 Å². The Balaban J connectivity index is 2.10. The molecule has 0 aromatic carbocycles. The van der Waals surface area contributed by atoms with E-state index >= 15 is 0 Å². The number of hydrogen-bond donors (Lipinski definition) is 1. The number of carbonyl (C=O) groups excluding carboxylic acids is 1. The van der Waals surface area contributed by atoms with Crippen LogP contribution in [0.4, 0.5) is 0 Å². The Morgan fingerprint density at radius 3 is 2.73 bits per heavy atom. The van der Waals surface area contributed by atoms with Crippen molar-refractivity contribution < 1.29 is 13.9 Å². The number of furan rings is 1. The molecule has 0 amide bonds. The molecule has 2 aliphatic rings. The van der Waals surface area contributed by atoms with Gasteiger partial charge in [-0.2, -0.15) is 5.26 Å². The highest BCUT2D eigenvalue weighted by Crippen LogP contribution is 2.46. The second-order valence-electron chi connectivity index (χ2n) is 6.32. The lowest BCUT2D eigenvalue weighted by Gasteiger charge is -2.36. The molecule has 1 atom stereocenters. The van der Waals surface area contributed by atoms with E-state index in [0.717, 1.165) is 0 Å². The Kier molecular flexibility index (Phi) is 3.41. The normalized spacial score (nSPS) is 23.9. The van der Waals surface area contributed by atoms with Gasteiger partial charge in [0.15, 0.2) is 22.3 Å². The first-order chi connectivity index (χ1) is 10.3. The van der Waals surface area contributed by atoms with E-state index in [-0.39, 0.29) is 22.5 Å². The highest BCUT2D eigenvalue weighted by molar-refractivity contribution is 9.10. The molecule has 114 valence electrons. The molecule has 5 nitrogen and oxygen atoms in total. The molecule has 0 bridgehead atoms. The molecule has 2 N–H and O–H groups in total. The molecule has 0 saturated carbocycles. The first-order valence-electron chi connectivity index (χ1n) is 6.91. The number of allylic oxidation sites excluding steroid dienone is 2. The molecule has 22 heavy (non-hydrogen) atoms. The minimum Gasteiger partial charge on any atom is -0.480 e. The quantitative estimate of drug-likeness (QED) is 0.825. The number of ether oxygens (including phenoxy) is 1. The van der Waals surface area contributed by atoms with Gasteiger partial charge in [-0.05, 0) is 33.5 Å². The summed E-state index contributed by atoms with van der Waals surface area (Å²) >= 11 is 3.23. The van der Waals surface area contributed by atoms with Gasteiger partial charge in [-0.3, -0.25) is 4.79 Å².